The lowest BCUT2D eigenvalue weighted by molar-refractivity contribution is -0.144. The van der Waals surface area contributed by atoms with Gasteiger partial charge in [0.05, 0.1) is 0 Å². The van der Waals surface area contributed by atoms with E-state index in [1.54, 1.807) is 0 Å². The van der Waals surface area contributed by atoms with Gasteiger partial charge in [-0.25, -0.2) is 4.79 Å². The lowest BCUT2D eigenvalue weighted by atomic mass is 9.87. The zero-order chi connectivity index (χ0) is 23.5. The van der Waals surface area contributed by atoms with Gasteiger partial charge in [-0.2, -0.15) is 0 Å². The zero-order valence-electron chi connectivity index (χ0n) is 18.9. The first-order valence-electron chi connectivity index (χ1n) is 10.6. The number of hydrogen-bond donors (Lipinski definition) is 2. The van der Waals surface area contributed by atoms with Crippen LogP contribution in [0.1, 0.15) is 44.2 Å². The van der Waals surface area contributed by atoms with E-state index < -0.39 is 30.6 Å². The Labute approximate surface area is 188 Å². The van der Waals surface area contributed by atoms with Crippen molar-refractivity contribution >= 4 is 18.0 Å². The number of rotatable bonds is 7. The van der Waals surface area contributed by atoms with Gasteiger partial charge in [0.2, 0.25) is 5.91 Å². The van der Waals surface area contributed by atoms with Gasteiger partial charge in [0.1, 0.15) is 19.2 Å². The van der Waals surface area contributed by atoms with Crippen molar-refractivity contribution in [2.75, 3.05) is 20.2 Å². The topological polar surface area (TPSA) is 95.9 Å². The molecule has 0 heterocycles. The molecule has 32 heavy (non-hydrogen) atoms. The molecule has 0 saturated heterocycles. The number of likely N-dealkylation sites (N-methyl/N-ethyl adjacent to an activating group) is 1. The summed E-state index contributed by atoms with van der Waals surface area (Å²) in [5.41, 5.74) is 4.21. The normalized spacial score (nSPS) is 13.6. The lowest BCUT2D eigenvalue weighted by Crippen LogP contribution is -2.50. The molecule has 2 amide bonds. The average Bonchev–Trinajstić information content (AvgIpc) is 3.03. The molecule has 2 aromatic carbocycles. The Kier molecular flexibility index (Phi) is 6.87. The summed E-state index contributed by atoms with van der Waals surface area (Å²) in [5, 5.41) is 11.6. The van der Waals surface area contributed by atoms with Gasteiger partial charge in [-0.3, -0.25) is 9.59 Å². The molecule has 7 nitrogen and oxygen atoms in total. The van der Waals surface area contributed by atoms with E-state index in [2.05, 4.69) is 17.4 Å². The van der Waals surface area contributed by atoms with E-state index in [-0.39, 0.29) is 17.9 Å². The number of carboxylic acids is 1. The molecule has 7 heteroatoms. The number of alkyl carbamates (subject to hydrolysis) is 1. The summed E-state index contributed by atoms with van der Waals surface area (Å²) in [7, 11) is 1.41. The predicted octanol–water partition coefficient (Wildman–Crippen LogP) is 3.87. The molecule has 0 bridgehead atoms. The minimum atomic E-state index is -1.11. The predicted molar refractivity (Wildman–Crippen MR) is 121 cm³/mol. The van der Waals surface area contributed by atoms with Crippen molar-refractivity contribution in [3.05, 3.63) is 59.7 Å². The van der Waals surface area contributed by atoms with Crippen molar-refractivity contribution in [3.63, 3.8) is 0 Å². The molecular weight excluding hydrogens is 408 g/mol. The number of carboxylic acid groups (broad SMARTS) is 1. The minimum Gasteiger partial charge on any atom is -0.480 e. The number of benzene rings is 2. The van der Waals surface area contributed by atoms with Gasteiger partial charge in [0.15, 0.2) is 0 Å². The average molecular weight is 439 g/mol. The summed E-state index contributed by atoms with van der Waals surface area (Å²) >= 11 is 0. The van der Waals surface area contributed by atoms with Gasteiger partial charge >= 0.3 is 12.1 Å². The number of hydrogen-bond acceptors (Lipinski definition) is 4. The van der Waals surface area contributed by atoms with Gasteiger partial charge < -0.3 is 20.1 Å². The maximum atomic E-state index is 12.8. The third-order valence-corrected chi connectivity index (χ3v) is 5.50. The second-order valence-corrected chi connectivity index (χ2v) is 9.38. The van der Waals surface area contributed by atoms with Crippen molar-refractivity contribution in [2.45, 2.75) is 39.2 Å². The van der Waals surface area contributed by atoms with E-state index in [4.69, 9.17) is 9.84 Å². The Bertz CT molecular complexity index is 966. The molecule has 2 N–H and O–H groups in total. The summed E-state index contributed by atoms with van der Waals surface area (Å²) in [6.45, 7) is 5.55. The Balaban J connectivity index is 1.70. The maximum absolute atomic E-state index is 12.8. The van der Waals surface area contributed by atoms with Crippen molar-refractivity contribution in [1.29, 1.82) is 0 Å². The first kappa shape index (κ1) is 23.3. The molecule has 1 atom stereocenters. The van der Waals surface area contributed by atoms with Crippen molar-refractivity contribution in [2.24, 2.45) is 5.41 Å². The van der Waals surface area contributed by atoms with Gasteiger partial charge in [-0.05, 0) is 34.1 Å². The molecule has 1 aliphatic carbocycles. The highest BCUT2D eigenvalue weighted by molar-refractivity contribution is 5.88. The highest BCUT2D eigenvalue weighted by Gasteiger charge is 2.32. The zero-order valence-corrected chi connectivity index (χ0v) is 18.9. The van der Waals surface area contributed by atoms with E-state index in [9.17, 15) is 14.4 Å². The molecule has 0 fully saturated rings. The molecule has 3 rings (SSSR count). The Morgan fingerprint density at radius 2 is 1.56 bits per heavy atom. The molecule has 0 aromatic heterocycles. The van der Waals surface area contributed by atoms with E-state index in [0.29, 0.717) is 6.42 Å². The SMILES string of the molecule is CN(CC(=O)O)C(=O)C(CC(C)(C)C)NC(=O)OCC1c2ccccc2-c2ccccc21. The van der Waals surface area contributed by atoms with Crippen LogP contribution in [0.5, 0.6) is 0 Å². The van der Waals surface area contributed by atoms with E-state index in [0.717, 1.165) is 27.2 Å². The van der Waals surface area contributed by atoms with Crippen LogP contribution in [0.15, 0.2) is 48.5 Å². The fourth-order valence-electron chi connectivity index (χ4n) is 4.14. The fourth-order valence-corrected chi connectivity index (χ4v) is 4.14. The second-order valence-electron chi connectivity index (χ2n) is 9.38. The summed E-state index contributed by atoms with van der Waals surface area (Å²) in [4.78, 5) is 37.5. The number of amides is 2. The first-order valence-corrected chi connectivity index (χ1v) is 10.6. The van der Waals surface area contributed by atoms with E-state index in [1.165, 1.54) is 7.05 Å². The van der Waals surface area contributed by atoms with Crippen LogP contribution in [-0.2, 0) is 14.3 Å². The van der Waals surface area contributed by atoms with Gasteiger partial charge in [0, 0.05) is 13.0 Å². The molecule has 1 unspecified atom stereocenters. The van der Waals surface area contributed by atoms with Crippen molar-refractivity contribution < 1.29 is 24.2 Å². The van der Waals surface area contributed by atoms with Crippen LogP contribution in [0.25, 0.3) is 11.1 Å². The number of nitrogens with one attached hydrogen (secondary N) is 1. The third-order valence-electron chi connectivity index (χ3n) is 5.50. The number of ether oxygens (including phenoxy) is 1. The van der Waals surface area contributed by atoms with Crippen molar-refractivity contribution in [3.8, 4) is 11.1 Å². The Morgan fingerprint density at radius 3 is 2.06 bits per heavy atom. The van der Waals surface area contributed by atoms with E-state index >= 15 is 0 Å². The molecule has 0 saturated carbocycles. The summed E-state index contributed by atoms with van der Waals surface area (Å²) in [6, 6.07) is 15.2. The van der Waals surface area contributed by atoms with Crippen LogP contribution < -0.4 is 5.32 Å². The molecule has 0 radical (unpaired) electrons. The quantitative estimate of drug-likeness (QED) is 0.684. The van der Waals surface area contributed by atoms with Gasteiger partial charge in [-0.15, -0.1) is 0 Å². The van der Waals surface area contributed by atoms with Crippen molar-refractivity contribution in [1.82, 2.24) is 10.2 Å². The monoisotopic (exact) mass is 438 g/mol. The molecule has 0 aliphatic heterocycles. The van der Waals surface area contributed by atoms with E-state index in [1.807, 2.05) is 57.2 Å². The molecular formula is C25H30N2O5. The van der Waals surface area contributed by atoms with Crippen LogP contribution >= 0.6 is 0 Å². The van der Waals surface area contributed by atoms with Crippen LogP contribution in [0.3, 0.4) is 0 Å². The van der Waals surface area contributed by atoms with Gasteiger partial charge in [0.25, 0.3) is 0 Å². The Morgan fingerprint density at radius 1 is 1.03 bits per heavy atom. The van der Waals surface area contributed by atoms with Crippen LogP contribution in [-0.4, -0.2) is 54.2 Å². The molecule has 1 aliphatic rings. The number of nitrogens with zero attached hydrogens (tertiary/aromatic N) is 1. The standard InChI is InChI=1S/C25H30N2O5/c1-25(2,3)13-21(23(30)27(4)14-22(28)29)26-24(31)32-15-20-18-11-7-5-9-16(18)17-10-6-8-12-19(17)20/h5-12,20-21H,13-15H2,1-4H3,(H,26,31)(H,28,29). The smallest absolute Gasteiger partial charge is 0.407 e. The second kappa shape index (κ2) is 9.42. The number of carbonyl (C=O) groups excluding carboxylic acids is 2. The van der Waals surface area contributed by atoms with Crippen LogP contribution in [0, 0.1) is 5.41 Å². The molecule has 170 valence electrons. The lowest BCUT2D eigenvalue weighted by Gasteiger charge is -2.28. The number of aliphatic carboxylic acids is 1. The largest absolute Gasteiger partial charge is 0.480 e. The van der Waals surface area contributed by atoms with Crippen LogP contribution in [0.4, 0.5) is 4.79 Å². The summed E-state index contributed by atoms with van der Waals surface area (Å²) in [6.07, 6.45) is -0.349. The highest BCUT2D eigenvalue weighted by atomic mass is 16.5. The number of fused-ring (bicyclic) bond motifs is 3. The highest BCUT2D eigenvalue weighted by Crippen LogP contribution is 2.44. The first-order chi connectivity index (χ1) is 15.1. The fraction of sp³-hybridized carbons (Fsp3) is 0.400. The Hall–Kier alpha value is -3.35. The summed E-state index contributed by atoms with van der Waals surface area (Å²) in [5.74, 6) is -1.66. The minimum absolute atomic E-state index is 0.0837. The molecule has 2 aromatic rings. The van der Waals surface area contributed by atoms with Crippen LogP contribution in [0.2, 0.25) is 0 Å². The third kappa shape index (κ3) is 5.46. The maximum Gasteiger partial charge on any atom is 0.407 e. The van der Waals surface area contributed by atoms with Gasteiger partial charge in [-0.1, -0.05) is 69.3 Å². The summed E-state index contributed by atoms with van der Waals surface area (Å²) < 4.78 is 5.56. The number of carbonyl (C=O) groups is 3. The molecule has 0 spiro atoms.